The van der Waals surface area contributed by atoms with Gasteiger partial charge in [-0.15, -0.1) is 0 Å². The maximum absolute atomic E-state index is 12.0. The summed E-state index contributed by atoms with van der Waals surface area (Å²) >= 11 is 3.39. The van der Waals surface area contributed by atoms with Crippen molar-refractivity contribution in [3.05, 3.63) is 40.4 Å². The van der Waals surface area contributed by atoms with Gasteiger partial charge in [0.2, 0.25) is 5.91 Å². The molecule has 1 N–H and O–H groups in total. The van der Waals surface area contributed by atoms with Crippen LogP contribution in [0.4, 0.5) is 0 Å². The number of carbonyl (C=O) groups is 2. The summed E-state index contributed by atoms with van der Waals surface area (Å²) in [5.41, 5.74) is 0.891. The highest BCUT2D eigenvalue weighted by Gasteiger charge is 2.32. The molecule has 100 valence electrons. The topological polar surface area (TPSA) is 57.6 Å². The van der Waals surface area contributed by atoms with Crippen LogP contribution in [0.25, 0.3) is 6.08 Å². The van der Waals surface area contributed by atoms with Gasteiger partial charge in [-0.1, -0.05) is 34.1 Å². The molecule has 1 aliphatic heterocycles. The van der Waals surface area contributed by atoms with Crippen LogP contribution in [0.3, 0.4) is 0 Å². The van der Waals surface area contributed by atoms with E-state index in [1.807, 2.05) is 24.3 Å². The fourth-order valence-corrected chi connectivity index (χ4v) is 2.57. The molecule has 1 heterocycles. The Labute approximate surface area is 119 Å². The zero-order chi connectivity index (χ0) is 13.8. The van der Waals surface area contributed by atoms with Gasteiger partial charge >= 0.3 is 5.97 Å². The summed E-state index contributed by atoms with van der Waals surface area (Å²) < 4.78 is 0.898. The molecule has 5 heteroatoms. The van der Waals surface area contributed by atoms with Gasteiger partial charge < -0.3 is 10.0 Å². The fraction of sp³-hybridized carbons (Fsp3) is 0.286. The Balaban J connectivity index is 2.09. The van der Waals surface area contributed by atoms with Crippen LogP contribution in [0.5, 0.6) is 0 Å². The van der Waals surface area contributed by atoms with Crippen molar-refractivity contribution in [3.63, 3.8) is 0 Å². The van der Waals surface area contributed by atoms with Gasteiger partial charge in [0.1, 0.15) is 6.04 Å². The summed E-state index contributed by atoms with van der Waals surface area (Å²) in [6, 6.07) is 6.86. The molecule has 0 saturated carbocycles. The van der Waals surface area contributed by atoms with Crippen molar-refractivity contribution in [2.75, 3.05) is 6.54 Å². The summed E-state index contributed by atoms with van der Waals surface area (Å²) in [5, 5.41) is 9.04. The second-order valence-electron chi connectivity index (χ2n) is 4.38. The lowest BCUT2D eigenvalue weighted by Crippen LogP contribution is -2.39. The van der Waals surface area contributed by atoms with Crippen molar-refractivity contribution in [2.45, 2.75) is 18.9 Å². The molecule has 1 aromatic rings. The van der Waals surface area contributed by atoms with Gasteiger partial charge in [-0.05, 0) is 30.5 Å². The number of likely N-dealkylation sites (tertiary alicyclic amines) is 1. The highest BCUT2D eigenvalue weighted by atomic mass is 79.9. The van der Waals surface area contributed by atoms with Crippen LogP contribution in [0.15, 0.2) is 34.8 Å². The van der Waals surface area contributed by atoms with Gasteiger partial charge in [0, 0.05) is 17.1 Å². The number of carboxylic acids is 1. The normalized spacial score (nSPS) is 19.0. The number of hydrogen-bond donors (Lipinski definition) is 1. The Morgan fingerprint density at radius 3 is 2.79 bits per heavy atom. The molecule has 1 saturated heterocycles. The monoisotopic (exact) mass is 323 g/mol. The van der Waals surface area contributed by atoms with Crippen molar-refractivity contribution in [1.29, 1.82) is 0 Å². The SMILES string of the molecule is O=C(O)[C@H]1CCCN1C(=O)/C=C\c1ccccc1Br. The van der Waals surface area contributed by atoms with Crippen LogP contribution < -0.4 is 0 Å². The van der Waals surface area contributed by atoms with Gasteiger partial charge in [0.05, 0.1) is 0 Å². The average Bonchev–Trinajstić information content (AvgIpc) is 2.87. The van der Waals surface area contributed by atoms with Gasteiger partial charge in [-0.2, -0.15) is 0 Å². The molecular weight excluding hydrogens is 310 g/mol. The lowest BCUT2D eigenvalue weighted by atomic mass is 10.2. The molecule has 19 heavy (non-hydrogen) atoms. The highest BCUT2D eigenvalue weighted by molar-refractivity contribution is 9.10. The summed E-state index contributed by atoms with van der Waals surface area (Å²) in [6.07, 6.45) is 4.40. The number of rotatable bonds is 3. The van der Waals surface area contributed by atoms with Gasteiger partial charge in [0.15, 0.2) is 0 Å². The molecule has 0 bridgehead atoms. The number of hydrogen-bond acceptors (Lipinski definition) is 2. The van der Waals surface area contributed by atoms with Crippen LogP contribution in [-0.4, -0.2) is 34.5 Å². The second-order valence-corrected chi connectivity index (χ2v) is 5.24. The average molecular weight is 324 g/mol. The number of amides is 1. The summed E-state index contributed by atoms with van der Waals surface area (Å²) in [7, 11) is 0. The van der Waals surface area contributed by atoms with Crippen LogP contribution >= 0.6 is 15.9 Å². The molecule has 0 unspecified atom stereocenters. The van der Waals surface area contributed by atoms with Gasteiger partial charge in [0.25, 0.3) is 0 Å². The molecule has 0 spiro atoms. The van der Waals surface area contributed by atoms with Crippen LogP contribution in [-0.2, 0) is 9.59 Å². The third-order valence-corrected chi connectivity index (χ3v) is 3.85. The van der Waals surface area contributed by atoms with Crippen molar-refractivity contribution < 1.29 is 14.7 Å². The molecule has 1 aromatic carbocycles. The molecule has 4 nitrogen and oxygen atoms in total. The summed E-state index contributed by atoms with van der Waals surface area (Å²) in [5.74, 6) is -1.18. The molecule has 0 aliphatic carbocycles. The largest absolute Gasteiger partial charge is 0.480 e. The minimum atomic E-state index is -0.930. The van der Waals surface area contributed by atoms with E-state index < -0.39 is 12.0 Å². The molecule has 1 atom stereocenters. The number of halogens is 1. The van der Waals surface area contributed by atoms with E-state index in [1.54, 1.807) is 6.08 Å². The van der Waals surface area contributed by atoms with E-state index in [0.29, 0.717) is 13.0 Å². The van der Waals surface area contributed by atoms with Crippen molar-refractivity contribution >= 4 is 33.9 Å². The minimum absolute atomic E-state index is 0.249. The molecule has 1 amide bonds. The maximum atomic E-state index is 12.0. The molecule has 2 rings (SSSR count). The zero-order valence-electron chi connectivity index (χ0n) is 10.3. The predicted octanol–water partition coefficient (Wildman–Crippen LogP) is 2.54. The van der Waals surface area contributed by atoms with Crippen molar-refractivity contribution in [2.24, 2.45) is 0 Å². The van der Waals surface area contributed by atoms with E-state index in [-0.39, 0.29) is 5.91 Å². The summed E-state index contributed by atoms with van der Waals surface area (Å²) in [6.45, 7) is 0.510. The Morgan fingerprint density at radius 1 is 1.37 bits per heavy atom. The quantitative estimate of drug-likeness (QED) is 0.870. The lowest BCUT2D eigenvalue weighted by Gasteiger charge is -2.19. The molecule has 1 aliphatic rings. The fourth-order valence-electron chi connectivity index (χ4n) is 2.15. The number of benzene rings is 1. The van der Waals surface area contributed by atoms with Crippen LogP contribution in [0.2, 0.25) is 0 Å². The predicted molar refractivity (Wildman–Crippen MR) is 75.5 cm³/mol. The Bertz CT molecular complexity index is 527. The van der Waals surface area contributed by atoms with Crippen LogP contribution in [0, 0.1) is 0 Å². The van der Waals surface area contributed by atoms with Crippen molar-refractivity contribution in [3.8, 4) is 0 Å². The minimum Gasteiger partial charge on any atom is -0.480 e. The first kappa shape index (κ1) is 13.8. The van der Waals surface area contributed by atoms with E-state index in [1.165, 1.54) is 11.0 Å². The van der Waals surface area contributed by atoms with E-state index in [0.717, 1.165) is 16.5 Å². The van der Waals surface area contributed by atoms with E-state index in [9.17, 15) is 9.59 Å². The van der Waals surface area contributed by atoms with E-state index in [4.69, 9.17) is 5.11 Å². The third-order valence-electron chi connectivity index (χ3n) is 3.13. The molecule has 0 aromatic heterocycles. The molecule has 1 fully saturated rings. The standard InChI is InChI=1S/C14H14BrNO3/c15-11-5-2-1-4-10(11)7-8-13(17)16-9-3-6-12(16)14(18)19/h1-2,4-5,7-8,12H,3,6,9H2,(H,18,19)/b8-7-/t12-/m1/s1. The van der Waals surface area contributed by atoms with E-state index >= 15 is 0 Å². The second kappa shape index (κ2) is 6.02. The third kappa shape index (κ3) is 3.23. The lowest BCUT2D eigenvalue weighted by molar-refractivity contribution is -0.146. The van der Waals surface area contributed by atoms with Crippen molar-refractivity contribution in [1.82, 2.24) is 4.90 Å². The Morgan fingerprint density at radius 2 is 2.11 bits per heavy atom. The molecule has 0 radical (unpaired) electrons. The van der Waals surface area contributed by atoms with Gasteiger partial charge in [-0.3, -0.25) is 4.79 Å². The highest BCUT2D eigenvalue weighted by Crippen LogP contribution is 2.20. The molecular formula is C14H14BrNO3. The zero-order valence-corrected chi connectivity index (χ0v) is 11.8. The number of carbonyl (C=O) groups excluding carboxylic acids is 1. The van der Waals surface area contributed by atoms with E-state index in [2.05, 4.69) is 15.9 Å². The van der Waals surface area contributed by atoms with Gasteiger partial charge in [-0.25, -0.2) is 4.79 Å². The first-order chi connectivity index (χ1) is 9.09. The number of nitrogens with zero attached hydrogens (tertiary/aromatic N) is 1. The smallest absolute Gasteiger partial charge is 0.326 e. The number of carboxylic acid groups (broad SMARTS) is 1. The summed E-state index contributed by atoms with van der Waals surface area (Å²) in [4.78, 5) is 24.4. The first-order valence-corrected chi connectivity index (χ1v) is 6.85. The number of aliphatic carboxylic acids is 1. The maximum Gasteiger partial charge on any atom is 0.326 e. The Kier molecular flexibility index (Phi) is 4.37. The first-order valence-electron chi connectivity index (χ1n) is 6.05. The van der Waals surface area contributed by atoms with Crippen LogP contribution in [0.1, 0.15) is 18.4 Å². The Hall–Kier alpha value is -1.62.